The first-order valence-corrected chi connectivity index (χ1v) is 17.5. The van der Waals surface area contributed by atoms with Gasteiger partial charge in [0.25, 0.3) is 0 Å². The molecule has 10 rings (SSSR count). The van der Waals surface area contributed by atoms with Crippen LogP contribution in [0.2, 0.25) is 0 Å². The Morgan fingerprint density at radius 3 is 1.29 bits per heavy atom. The summed E-state index contributed by atoms with van der Waals surface area (Å²) in [5, 5.41) is 7.46. The van der Waals surface area contributed by atoms with Crippen molar-refractivity contribution in [1.29, 1.82) is 0 Å². The minimum absolute atomic E-state index is 1.03. The van der Waals surface area contributed by atoms with Gasteiger partial charge in [-0.25, -0.2) is 4.98 Å². The first kappa shape index (κ1) is 28.0. The van der Waals surface area contributed by atoms with E-state index in [4.69, 9.17) is 4.98 Å². The van der Waals surface area contributed by atoms with Crippen molar-refractivity contribution in [2.45, 2.75) is 0 Å². The molecule has 1 nitrogen and oxygen atoms in total. The van der Waals surface area contributed by atoms with Crippen molar-refractivity contribution in [1.82, 2.24) is 4.98 Å². The molecule has 0 saturated heterocycles. The van der Waals surface area contributed by atoms with Crippen LogP contribution in [0.3, 0.4) is 0 Å². The number of rotatable bonds is 4. The number of hydrogen-bond donors (Lipinski definition) is 0. The highest BCUT2D eigenvalue weighted by atomic mass is 32.1. The maximum absolute atomic E-state index is 5.15. The molecular weight excluding hydrogens is 611 g/mol. The third-order valence-corrected chi connectivity index (χ3v) is 11.1. The van der Waals surface area contributed by atoms with Gasteiger partial charge in [0, 0.05) is 21.0 Å². The van der Waals surface area contributed by atoms with E-state index in [1.165, 1.54) is 86.2 Å². The molecule has 0 aliphatic heterocycles. The molecule has 0 N–H and O–H groups in total. The second-order valence-corrected chi connectivity index (χ2v) is 13.7. The minimum atomic E-state index is 1.03. The Labute approximate surface area is 288 Å². The van der Waals surface area contributed by atoms with Gasteiger partial charge in [-0.2, -0.15) is 0 Å². The fourth-order valence-electron chi connectivity index (χ4n) is 7.64. The Balaban J connectivity index is 1.16. The summed E-state index contributed by atoms with van der Waals surface area (Å²) in [5.41, 5.74) is 12.0. The standard InChI is InChI=1S/C47H29NS/c1-2-12-30(13-3-1)31-22-24-32(25-23-31)43-35-14-4-6-16-37(35)44(38-17-7-5-15-36(38)43)33-26-28-34(29-27-33)45-39-18-8-10-20-41(39)48-46-40-19-9-11-21-42(40)49-47(45)46/h1-29H. The number of aromatic nitrogens is 1. The Bertz CT molecular complexity index is 2790. The third kappa shape index (κ3) is 4.49. The largest absolute Gasteiger partial charge is 0.246 e. The Morgan fingerprint density at radius 1 is 0.306 bits per heavy atom. The number of fused-ring (bicyclic) bond motifs is 6. The van der Waals surface area contributed by atoms with Crippen molar-refractivity contribution in [2.75, 3.05) is 0 Å². The van der Waals surface area contributed by atoms with Crippen LogP contribution in [-0.2, 0) is 0 Å². The topological polar surface area (TPSA) is 12.9 Å². The monoisotopic (exact) mass is 639 g/mol. The summed E-state index contributed by atoms with van der Waals surface area (Å²) in [6, 6.07) is 63.8. The predicted molar refractivity (Wildman–Crippen MR) is 211 cm³/mol. The molecule has 0 atom stereocenters. The number of pyridine rings is 1. The van der Waals surface area contributed by atoms with Gasteiger partial charge in [-0.3, -0.25) is 0 Å². The van der Waals surface area contributed by atoms with Gasteiger partial charge in [0.05, 0.1) is 15.7 Å². The first-order valence-electron chi connectivity index (χ1n) is 16.7. The minimum Gasteiger partial charge on any atom is -0.246 e. The van der Waals surface area contributed by atoms with Crippen molar-refractivity contribution in [3.63, 3.8) is 0 Å². The van der Waals surface area contributed by atoms with Crippen LogP contribution in [0.15, 0.2) is 176 Å². The molecule has 49 heavy (non-hydrogen) atoms. The summed E-state index contributed by atoms with van der Waals surface area (Å²) in [4.78, 5) is 5.15. The molecule has 0 amide bonds. The van der Waals surface area contributed by atoms with Crippen LogP contribution in [0.1, 0.15) is 0 Å². The first-order chi connectivity index (χ1) is 24.3. The van der Waals surface area contributed by atoms with Crippen molar-refractivity contribution < 1.29 is 0 Å². The van der Waals surface area contributed by atoms with Gasteiger partial charge >= 0.3 is 0 Å². The normalized spacial score (nSPS) is 11.7. The smallest absolute Gasteiger partial charge is 0.0902 e. The van der Waals surface area contributed by atoms with Crippen molar-refractivity contribution in [3.05, 3.63) is 176 Å². The summed E-state index contributed by atoms with van der Waals surface area (Å²) in [7, 11) is 0. The number of para-hydroxylation sites is 1. The van der Waals surface area contributed by atoms with E-state index in [2.05, 4.69) is 176 Å². The fraction of sp³-hybridized carbons (Fsp3) is 0. The van der Waals surface area contributed by atoms with Crippen LogP contribution in [0, 0.1) is 0 Å². The van der Waals surface area contributed by atoms with E-state index in [0.29, 0.717) is 0 Å². The summed E-state index contributed by atoms with van der Waals surface area (Å²) in [6.45, 7) is 0. The van der Waals surface area contributed by atoms with Crippen LogP contribution in [0.5, 0.6) is 0 Å². The molecule has 0 aliphatic carbocycles. The average Bonchev–Trinajstić information content (AvgIpc) is 3.54. The molecule has 228 valence electrons. The maximum atomic E-state index is 5.15. The SMILES string of the molecule is c1ccc(-c2ccc(-c3c4ccccc4c(-c4ccc(-c5c6ccccc6nc6c5sc5ccccc56)cc4)c4ccccc34)cc2)cc1. The molecule has 0 unspecified atom stereocenters. The van der Waals surface area contributed by atoms with Crippen molar-refractivity contribution in [2.24, 2.45) is 0 Å². The van der Waals surface area contributed by atoms with Gasteiger partial charge in [0.2, 0.25) is 0 Å². The molecule has 10 aromatic rings. The quantitative estimate of drug-likeness (QED) is 0.175. The van der Waals surface area contributed by atoms with E-state index in [1.807, 2.05) is 11.3 Å². The summed E-state index contributed by atoms with van der Waals surface area (Å²) >= 11 is 1.84. The number of thiophene rings is 1. The van der Waals surface area contributed by atoms with E-state index >= 15 is 0 Å². The molecule has 0 fully saturated rings. The molecule has 2 heterocycles. The number of benzene rings is 8. The van der Waals surface area contributed by atoms with Gasteiger partial charge < -0.3 is 0 Å². The molecule has 0 bridgehead atoms. The van der Waals surface area contributed by atoms with E-state index in [-0.39, 0.29) is 0 Å². The van der Waals surface area contributed by atoms with E-state index in [9.17, 15) is 0 Å². The van der Waals surface area contributed by atoms with Crippen LogP contribution >= 0.6 is 11.3 Å². The van der Waals surface area contributed by atoms with Crippen LogP contribution in [0.25, 0.3) is 97.3 Å². The molecular formula is C47H29NS. The number of nitrogens with zero attached hydrogens (tertiary/aromatic N) is 1. The Morgan fingerprint density at radius 2 is 0.714 bits per heavy atom. The highest BCUT2D eigenvalue weighted by molar-refractivity contribution is 7.26. The second kappa shape index (κ2) is 11.3. The molecule has 2 heteroatoms. The van der Waals surface area contributed by atoms with E-state index in [1.54, 1.807) is 0 Å². The highest BCUT2D eigenvalue weighted by Gasteiger charge is 2.19. The van der Waals surface area contributed by atoms with E-state index in [0.717, 1.165) is 11.0 Å². The predicted octanol–water partition coefficient (Wildman–Crippen LogP) is 13.6. The van der Waals surface area contributed by atoms with Crippen molar-refractivity contribution >= 4 is 64.1 Å². The lowest BCUT2D eigenvalue weighted by Crippen LogP contribution is -1.91. The lowest BCUT2D eigenvalue weighted by molar-refractivity contribution is 1.52. The molecule has 2 aromatic heterocycles. The lowest BCUT2D eigenvalue weighted by Gasteiger charge is -2.18. The van der Waals surface area contributed by atoms with Gasteiger partial charge in [-0.1, -0.05) is 164 Å². The van der Waals surface area contributed by atoms with Crippen molar-refractivity contribution in [3.8, 4) is 44.5 Å². The van der Waals surface area contributed by atoms with Gasteiger partial charge in [-0.05, 0) is 72.6 Å². The summed E-state index contributed by atoms with van der Waals surface area (Å²) < 4.78 is 2.51. The second-order valence-electron chi connectivity index (χ2n) is 12.6. The molecule has 0 spiro atoms. The van der Waals surface area contributed by atoms with Crippen LogP contribution in [-0.4, -0.2) is 4.98 Å². The zero-order valence-electron chi connectivity index (χ0n) is 26.6. The molecule has 0 saturated carbocycles. The Hall–Kier alpha value is -6.09. The van der Waals surface area contributed by atoms with Gasteiger partial charge in [-0.15, -0.1) is 11.3 Å². The maximum Gasteiger partial charge on any atom is 0.0902 e. The zero-order chi connectivity index (χ0) is 32.3. The number of hydrogen-bond acceptors (Lipinski definition) is 2. The summed E-state index contributed by atoms with van der Waals surface area (Å²) in [5.74, 6) is 0. The zero-order valence-corrected chi connectivity index (χ0v) is 27.4. The molecule has 8 aromatic carbocycles. The third-order valence-electron chi connectivity index (χ3n) is 9.88. The molecule has 0 radical (unpaired) electrons. The lowest BCUT2D eigenvalue weighted by atomic mass is 9.85. The van der Waals surface area contributed by atoms with Gasteiger partial charge in [0.1, 0.15) is 0 Å². The average molecular weight is 640 g/mol. The fourth-order valence-corrected chi connectivity index (χ4v) is 8.86. The Kier molecular flexibility index (Phi) is 6.43. The van der Waals surface area contributed by atoms with Crippen LogP contribution in [0.4, 0.5) is 0 Å². The molecule has 0 aliphatic rings. The highest BCUT2D eigenvalue weighted by Crippen LogP contribution is 2.46. The van der Waals surface area contributed by atoms with E-state index < -0.39 is 0 Å². The van der Waals surface area contributed by atoms with Gasteiger partial charge in [0.15, 0.2) is 0 Å². The summed E-state index contributed by atoms with van der Waals surface area (Å²) in [6.07, 6.45) is 0. The van der Waals surface area contributed by atoms with Crippen LogP contribution < -0.4 is 0 Å².